The maximum absolute atomic E-state index is 14.3. The first-order valence-corrected chi connectivity index (χ1v) is 19.6. The SMILES string of the molecule is CSCC[C@H](NC(=O)[C@H](Cc1c[nH]c2ccccc12)NC(=O)[C@H](Cc1ccc(O)cc1)NC(=O)[C@@H](N)Cc1c[nH]c2ccccc12)C(=O)N[C@@H](CC(N)=O)C(=O)O. The predicted octanol–water partition coefficient (Wildman–Crippen LogP) is 1.36. The summed E-state index contributed by atoms with van der Waals surface area (Å²) in [6.07, 6.45) is 4.78. The highest BCUT2D eigenvalue weighted by atomic mass is 32.2. The molecular weight excluding hydrogens is 753 g/mol. The van der Waals surface area contributed by atoms with Crippen molar-refractivity contribution in [3.05, 3.63) is 102 Å². The van der Waals surface area contributed by atoms with Crippen LogP contribution in [0.25, 0.3) is 21.8 Å². The Morgan fingerprint density at radius 3 is 1.72 bits per heavy atom. The minimum atomic E-state index is -1.63. The fourth-order valence-electron chi connectivity index (χ4n) is 6.44. The number of thioether (sulfide) groups is 1. The van der Waals surface area contributed by atoms with Crippen LogP contribution < -0.4 is 32.7 Å². The molecule has 0 radical (unpaired) electrons. The van der Waals surface area contributed by atoms with Crippen LogP contribution in [0.2, 0.25) is 0 Å². The van der Waals surface area contributed by atoms with Gasteiger partial charge in [0.2, 0.25) is 29.5 Å². The van der Waals surface area contributed by atoms with Gasteiger partial charge < -0.3 is 52.9 Å². The van der Waals surface area contributed by atoms with Crippen molar-refractivity contribution < 1.29 is 39.0 Å². The second-order valence-electron chi connectivity index (χ2n) is 13.6. The van der Waals surface area contributed by atoms with Crippen molar-refractivity contribution in [1.82, 2.24) is 31.2 Å². The number of aromatic amines is 2. The number of hydrogen-bond acceptors (Lipinski definition) is 9. The summed E-state index contributed by atoms with van der Waals surface area (Å²) >= 11 is 1.39. The number of carbonyl (C=O) groups is 6. The van der Waals surface area contributed by atoms with Crippen molar-refractivity contribution >= 4 is 69.1 Å². The normalized spacial score (nSPS) is 13.9. The third-order valence-electron chi connectivity index (χ3n) is 9.46. The average Bonchev–Trinajstić information content (AvgIpc) is 3.79. The number of H-pyrrole nitrogens is 2. The molecule has 3 aromatic carbocycles. The Hall–Kier alpha value is -6.33. The summed E-state index contributed by atoms with van der Waals surface area (Å²) in [5, 5.41) is 31.7. The number of rotatable bonds is 20. The number of carboxylic acid groups (broad SMARTS) is 1. The molecule has 0 saturated heterocycles. The number of hydrogen-bond donors (Lipinski definition) is 10. The summed E-state index contributed by atoms with van der Waals surface area (Å²) in [4.78, 5) is 85.1. The topological polar surface area (TPSA) is 275 Å². The van der Waals surface area contributed by atoms with E-state index in [0.717, 1.165) is 27.4 Å². The van der Waals surface area contributed by atoms with Gasteiger partial charge in [0.05, 0.1) is 12.5 Å². The van der Waals surface area contributed by atoms with Gasteiger partial charge in [-0.3, -0.25) is 24.0 Å². The molecule has 0 aliphatic heterocycles. The number of fused-ring (bicyclic) bond motifs is 2. The third-order valence-corrected chi connectivity index (χ3v) is 10.1. The Balaban J connectivity index is 1.41. The molecule has 12 N–H and O–H groups in total. The minimum absolute atomic E-state index is 0.00405. The van der Waals surface area contributed by atoms with Crippen LogP contribution in [-0.2, 0) is 48.0 Å². The molecule has 57 heavy (non-hydrogen) atoms. The second kappa shape index (κ2) is 19.5. The van der Waals surface area contributed by atoms with E-state index >= 15 is 0 Å². The van der Waals surface area contributed by atoms with Gasteiger partial charge in [-0.2, -0.15) is 11.8 Å². The summed E-state index contributed by atoms with van der Waals surface area (Å²) < 4.78 is 0. The molecule has 5 aromatic rings. The quantitative estimate of drug-likeness (QED) is 0.0540. The number of phenolic OH excluding ortho intramolecular Hbond substituents is 1. The van der Waals surface area contributed by atoms with Crippen LogP contribution in [0.15, 0.2) is 85.2 Å². The van der Waals surface area contributed by atoms with Gasteiger partial charge in [-0.05, 0) is 65.8 Å². The van der Waals surface area contributed by atoms with Gasteiger partial charge in [0.25, 0.3) is 0 Å². The molecular formula is C40H46N8O8S. The van der Waals surface area contributed by atoms with Gasteiger partial charge in [-0.25, -0.2) is 4.79 Å². The van der Waals surface area contributed by atoms with Crippen LogP contribution in [0, 0.1) is 0 Å². The Labute approximate surface area is 331 Å². The zero-order chi connectivity index (χ0) is 41.1. The largest absolute Gasteiger partial charge is 0.508 e. The molecule has 0 saturated carbocycles. The lowest BCUT2D eigenvalue weighted by molar-refractivity contribution is -0.143. The zero-order valence-electron chi connectivity index (χ0n) is 31.1. The van der Waals surface area contributed by atoms with Crippen molar-refractivity contribution in [1.29, 1.82) is 0 Å². The summed E-state index contributed by atoms with van der Waals surface area (Å²) in [6.45, 7) is 0. The molecule has 16 nitrogen and oxygen atoms in total. The number of aromatic hydroxyl groups is 1. The van der Waals surface area contributed by atoms with Crippen LogP contribution in [0.1, 0.15) is 29.5 Å². The fraction of sp³-hybridized carbons (Fsp3) is 0.300. The lowest BCUT2D eigenvalue weighted by atomic mass is 10.0. The van der Waals surface area contributed by atoms with E-state index in [4.69, 9.17) is 11.5 Å². The van der Waals surface area contributed by atoms with E-state index in [1.165, 1.54) is 23.9 Å². The van der Waals surface area contributed by atoms with E-state index in [1.807, 2.05) is 48.5 Å². The molecule has 0 unspecified atom stereocenters. The number of benzene rings is 3. The van der Waals surface area contributed by atoms with Gasteiger partial charge in [0.1, 0.15) is 29.9 Å². The Morgan fingerprint density at radius 2 is 1.16 bits per heavy atom. The van der Waals surface area contributed by atoms with Gasteiger partial charge in [-0.15, -0.1) is 0 Å². The van der Waals surface area contributed by atoms with Gasteiger partial charge in [0, 0.05) is 47.0 Å². The fourth-order valence-corrected chi connectivity index (χ4v) is 6.91. The number of nitrogens with one attached hydrogen (secondary N) is 6. The Kier molecular flexibility index (Phi) is 14.3. The standard InChI is InChI=1S/C40H46N8O8S/c1-57-15-14-31(37(52)48-34(40(55)56)19-35(42)50)45-39(54)33(18-24-21-44-30-9-5-3-7-27(24)30)47-38(53)32(16-22-10-12-25(49)13-11-22)46-36(51)28(41)17-23-20-43-29-8-4-2-6-26(23)29/h2-13,20-21,28,31-34,43-44,49H,14-19,41H2,1H3,(H2,42,50)(H,45,54)(H,46,51)(H,47,53)(H,48,52)(H,55,56)/t28-,31-,32-,33-,34-/m0/s1. The van der Waals surface area contributed by atoms with Crippen molar-refractivity contribution in [2.75, 3.05) is 12.0 Å². The van der Waals surface area contributed by atoms with Crippen LogP contribution in [0.3, 0.4) is 0 Å². The summed E-state index contributed by atoms with van der Waals surface area (Å²) in [5.74, 6) is -4.99. The van der Waals surface area contributed by atoms with Crippen LogP contribution in [0.5, 0.6) is 5.75 Å². The monoisotopic (exact) mass is 798 g/mol. The smallest absolute Gasteiger partial charge is 0.326 e. The predicted molar refractivity (Wildman–Crippen MR) is 216 cm³/mol. The van der Waals surface area contributed by atoms with Crippen molar-refractivity contribution in [2.24, 2.45) is 11.5 Å². The lowest BCUT2D eigenvalue weighted by Gasteiger charge is -2.26. The number of carboxylic acids is 1. The van der Waals surface area contributed by atoms with Crippen molar-refractivity contribution in [2.45, 2.75) is 62.3 Å². The number of amides is 5. The average molecular weight is 799 g/mol. The molecule has 2 aromatic heterocycles. The number of nitrogens with two attached hydrogens (primary N) is 2. The third kappa shape index (κ3) is 11.4. The molecule has 5 atom stereocenters. The highest BCUT2D eigenvalue weighted by Gasteiger charge is 2.33. The lowest BCUT2D eigenvalue weighted by Crippen LogP contribution is -2.59. The van der Waals surface area contributed by atoms with Crippen LogP contribution in [0.4, 0.5) is 0 Å². The van der Waals surface area contributed by atoms with E-state index in [0.29, 0.717) is 16.9 Å². The first kappa shape index (κ1) is 41.8. The zero-order valence-corrected chi connectivity index (χ0v) is 31.9. The molecule has 0 fully saturated rings. The number of phenols is 1. The van der Waals surface area contributed by atoms with E-state index in [9.17, 15) is 39.0 Å². The number of carbonyl (C=O) groups excluding carboxylic acids is 5. The number of aliphatic carboxylic acids is 1. The molecule has 2 heterocycles. The summed E-state index contributed by atoms with van der Waals surface area (Å²) in [5.41, 5.74) is 15.3. The molecule has 0 bridgehead atoms. The van der Waals surface area contributed by atoms with Crippen molar-refractivity contribution in [3.8, 4) is 5.75 Å². The minimum Gasteiger partial charge on any atom is -0.508 e. The Bertz CT molecular complexity index is 2220. The molecule has 300 valence electrons. The van der Waals surface area contributed by atoms with Crippen molar-refractivity contribution in [3.63, 3.8) is 0 Å². The van der Waals surface area contributed by atoms with Gasteiger partial charge in [-0.1, -0.05) is 48.5 Å². The molecule has 0 aliphatic rings. The van der Waals surface area contributed by atoms with E-state index < -0.39 is 72.1 Å². The van der Waals surface area contributed by atoms with E-state index in [-0.39, 0.29) is 31.4 Å². The van der Waals surface area contributed by atoms with Gasteiger partial charge >= 0.3 is 5.97 Å². The second-order valence-corrected chi connectivity index (χ2v) is 14.6. The maximum atomic E-state index is 14.3. The molecule has 5 amide bonds. The van der Waals surface area contributed by atoms with E-state index in [2.05, 4.69) is 31.2 Å². The van der Waals surface area contributed by atoms with Crippen LogP contribution >= 0.6 is 11.8 Å². The Morgan fingerprint density at radius 1 is 0.667 bits per heavy atom. The number of primary amides is 1. The van der Waals surface area contributed by atoms with E-state index in [1.54, 1.807) is 30.8 Å². The van der Waals surface area contributed by atoms with Crippen LogP contribution in [-0.4, -0.2) is 97.9 Å². The van der Waals surface area contributed by atoms with Gasteiger partial charge in [0.15, 0.2) is 0 Å². The first-order valence-electron chi connectivity index (χ1n) is 18.2. The number of aromatic nitrogens is 2. The highest BCUT2D eigenvalue weighted by molar-refractivity contribution is 7.98. The summed E-state index contributed by atoms with van der Waals surface area (Å²) in [6, 6.07) is 14.5. The number of para-hydroxylation sites is 2. The summed E-state index contributed by atoms with van der Waals surface area (Å²) in [7, 11) is 0. The highest BCUT2D eigenvalue weighted by Crippen LogP contribution is 2.21. The first-order chi connectivity index (χ1) is 27.3. The molecule has 5 rings (SSSR count). The maximum Gasteiger partial charge on any atom is 0.326 e. The molecule has 0 spiro atoms. The molecule has 17 heteroatoms. The molecule has 0 aliphatic carbocycles.